The minimum absolute atomic E-state index is 0.0497. The fourth-order valence-corrected chi connectivity index (χ4v) is 7.05. The fourth-order valence-electron chi connectivity index (χ4n) is 7.05. The number of hydrogen-bond acceptors (Lipinski definition) is 3. The van der Waals surface area contributed by atoms with Gasteiger partial charge < -0.3 is 25.4 Å². The zero-order valence-electron chi connectivity index (χ0n) is 23.9. The lowest BCUT2D eigenvalue weighted by molar-refractivity contribution is -0.138. The van der Waals surface area contributed by atoms with Gasteiger partial charge in [0.05, 0.1) is 5.69 Å². The SMILES string of the molecule is C=Cc1c2[nH]c(c1C)/C=C1\N/C(=C3\c4[nH]c(c(C)c4C(=O)[C@@H]3C(=O)O)/C=c3\[nH]/c(c(C)c3CC)=C\2)[C@@H](CC)[C@@H]1C. The van der Waals surface area contributed by atoms with Gasteiger partial charge in [0.25, 0.3) is 0 Å². The molecule has 3 aromatic rings. The molecule has 3 aliphatic rings. The lowest BCUT2D eigenvalue weighted by Crippen LogP contribution is -2.23. The first kappa shape index (κ1) is 26.0. The molecule has 0 amide bonds. The van der Waals surface area contributed by atoms with Gasteiger partial charge in [-0.15, -0.1) is 0 Å². The number of rotatable bonds is 4. The average molecular weight is 537 g/mol. The molecule has 7 heteroatoms. The van der Waals surface area contributed by atoms with Crippen LogP contribution in [0.1, 0.15) is 88.1 Å². The Kier molecular flexibility index (Phi) is 5.95. The molecule has 0 radical (unpaired) electrons. The Balaban J connectivity index is 1.76. The molecule has 7 nitrogen and oxygen atoms in total. The average Bonchev–Trinajstić information content (AvgIpc) is 3.65. The number of carboxylic acids is 1. The van der Waals surface area contributed by atoms with Gasteiger partial charge in [-0.2, -0.15) is 0 Å². The van der Waals surface area contributed by atoms with Crippen molar-refractivity contribution in [2.75, 3.05) is 0 Å². The Morgan fingerprint density at radius 3 is 2.33 bits per heavy atom. The van der Waals surface area contributed by atoms with Crippen LogP contribution in [0.3, 0.4) is 0 Å². The summed E-state index contributed by atoms with van der Waals surface area (Å²) in [6.45, 7) is 16.6. The van der Waals surface area contributed by atoms with E-state index in [0.717, 1.165) is 68.7 Å². The van der Waals surface area contributed by atoms with Gasteiger partial charge in [-0.3, -0.25) is 9.59 Å². The third kappa shape index (κ3) is 3.49. The van der Waals surface area contributed by atoms with Crippen LogP contribution in [0, 0.1) is 38.5 Å². The van der Waals surface area contributed by atoms with Gasteiger partial charge in [0, 0.05) is 67.7 Å². The maximum Gasteiger partial charge on any atom is 0.319 e. The summed E-state index contributed by atoms with van der Waals surface area (Å²) < 4.78 is 0. The largest absolute Gasteiger partial charge is 0.480 e. The normalized spacial score (nSPS) is 26.0. The Labute approximate surface area is 233 Å². The number of aliphatic carboxylic acids is 1. The summed E-state index contributed by atoms with van der Waals surface area (Å²) in [5.74, 6) is -2.54. The maximum absolute atomic E-state index is 13.7. The Morgan fingerprint density at radius 2 is 1.68 bits per heavy atom. The van der Waals surface area contributed by atoms with Crippen molar-refractivity contribution in [2.24, 2.45) is 17.8 Å². The molecule has 3 aromatic heterocycles. The zero-order valence-corrected chi connectivity index (χ0v) is 23.9. The molecule has 6 rings (SSSR count). The number of H-pyrrole nitrogens is 3. The van der Waals surface area contributed by atoms with E-state index in [2.05, 4.69) is 79.7 Å². The first-order chi connectivity index (χ1) is 19.1. The van der Waals surface area contributed by atoms with Crippen LogP contribution in [0.15, 0.2) is 18.0 Å². The monoisotopic (exact) mass is 536 g/mol. The smallest absolute Gasteiger partial charge is 0.319 e. The van der Waals surface area contributed by atoms with E-state index in [1.165, 1.54) is 11.1 Å². The summed E-state index contributed by atoms with van der Waals surface area (Å²) in [7, 11) is 0. The summed E-state index contributed by atoms with van der Waals surface area (Å²) >= 11 is 0. The number of nitrogens with one attached hydrogen (secondary N) is 4. The number of allylic oxidation sites excluding steroid dienone is 2. The predicted octanol–water partition coefficient (Wildman–Crippen LogP) is 4.69. The van der Waals surface area contributed by atoms with E-state index >= 15 is 0 Å². The third-order valence-electron chi connectivity index (χ3n) is 9.33. The van der Waals surface area contributed by atoms with E-state index in [-0.39, 0.29) is 17.6 Å². The third-order valence-corrected chi connectivity index (χ3v) is 9.33. The molecule has 0 spiro atoms. The molecule has 0 aromatic carbocycles. The van der Waals surface area contributed by atoms with E-state index in [0.29, 0.717) is 16.8 Å². The highest BCUT2D eigenvalue weighted by Crippen LogP contribution is 2.47. The summed E-state index contributed by atoms with van der Waals surface area (Å²) in [4.78, 5) is 37.0. The van der Waals surface area contributed by atoms with Crippen LogP contribution in [0.25, 0.3) is 29.9 Å². The van der Waals surface area contributed by atoms with Crippen LogP contribution in [0.5, 0.6) is 0 Å². The summed E-state index contributed by atoms with van der Waals surface area (Å²) in [5, 5.41) is 15.9. The highest BCUT2D eigenvalue weighted by atomic mass is 16.4. The van der Waals surface area contributed by atoms with Crippen LogP contribution in [-0.4, -0.2) is 31.8 Å². The van der Waals surface area contributed by atoms with Crippen molar-refractivity contribution in [3.05, 3.63) is 84.8 Å². The number of ketones is 1. The maximum atomic E-state index is 13.7. The summed E-state index contributed by atoms with van der Waals surface area (Å²) in [6, 6.07) is 0. The Bertz CT molecular complexity index is 1820. The molecular weight excluding hydrogens is 500 g/mol. The highest BCUT2D eigenvalue weighted by molar-refractivity contribution is 6.24. The summed E-state index contributed by atoms with van der Waals surface area (Å²) in [5.41, 5.74) is 11.6. The second-order valence-corrected chi connectivity index (χ2v) is 11.3. The van der Waals surface area contributed by atoms with Gasteiger partial charge in [-0.05, 0) is 74.1 Å². The van der Waals surface area contributed by atoms with Gasteiger partial charge in [-0.1, -0.05) is 33.4 Å². The van der Waals surface area contributed by atoms with Crippen molar-refractivity contribution >= 4 is 41.6 Å². The number of hydrogen-bond donors (Lipinski definition) is 5. The Morgan fingerprint density at radius 1 is 0.975 bits per heavy atom. The van der Waals surface area contributed by atoms with Gasteiger partial charge in [-0.25, -0.2) is 0 Å². The fraction of sp³-hybridized carbons (Fsp3) is 0.333. The number of carboxylic acid groups (broad SMARTS) is 1. The minimum Gasteiger partial charge on any atom is -0.480 e. The van der Waals surface area contributed by atoms with Crippen LogP contribution in [-0.2, 0) is 11.2 Å². The van der Waals surface area contributed by atoms with Gasteiger partial charge in [0.15, 0.2) is 5.78 Å². The molecule has 5 heterocycles. The number of Topliss-reactive ketones (excluding diaryl/α,β-unsaturated/α-hetero) is 1. The standard InChI is InChI=1S/C33H36N4O3/c1-8-18-14(4)21-11-23-16(6)20(10-3)30(36-23)28-29(33(39)40)32(38)27-17(7)24(37-31(27)28)13-26-19(9-2)15(5)22(35-26)12-25(18)34-21/h8,11-13,16,20,29,34-37H,1,9-10H2,2-7H3,(H,39,40)/b22-12-,23-11-,26-13-,30-28-/t16-,20-,29+/m0/s1. The first-order valence-electron chi connectivity index (χ1n) is 14.1. The molecule has 2 aliphatic heterocycles. The molecule has 8 bridgehead atoms. The van der Waals surface area contributed by atoms with Crippen molar-refractivity contribution in [1.29, 1.82) is 0 Å². The lowest BCUT2D eigenvalue weighted by atomic mass is 9.86. The number of fused-ring (bicyclic) bond motifs is 7. The van der Waals surface area contributed by atoms with Crippen LogP contribution < -0.4 is 16.0 Å². The predicted molar refractivity (Wildman–Crippen MR) is 159 cm³/mol. The molecule has 3 atom stereocenters. The number of aromatic nitrogens is 3. The second-order valence-electron chi connectivity index (χ2n) is 11.3. The Hall–Kier alpha value is -4.26. The molecular formula is C33H36N4O3. The topological polar surface area (TPSA) is 114 Å². The van der Waals surface area contributed by atoms with Crippen LogP contribution >= 0.6 is 0 Å². The molecule has 1 aliphatic carbocycles. The van der Waals surface area contributed by atoms with E-state index in [1.54, 1.807) is 0 Å². The molecule has 40 heavy (non-hydrogen) atoms. The van der Waals surface area contributed by atoms with E-state index < -0.39 is 11.9 Å². The molecule has 1 fully saturated rings. The van der Waals surface area contributed by atoms with Crippen molar-refractivity contribution in [2.45, 2.75) is 54.4 Å². The first-order valence-corrected chi connectivity index (χ1v) is 14.1. The molecule has 0 unspecified atom stereocenters. The molecule has 0 saturated carbocycles. The second kappa shape index (κ2) is 9.15. The van der Waals surface area contributed by atoms with Gasteiger partial charge in [0.1, 0.15) is 5.92 Å². The quantitative estimate of drug-likeness (QED) is 0.311. The van der Waals surface area contributed by atoms with E-state index in [4.69, 9.17) is 0 Å². The van der Waals surface area contributed by atoms with Crippen molar-refractivity contribution in [3.8, 4) is 0 Å². The molecule has 206 valence electrons. The van der Waals surface area contributed by atoms with Gasteiger partial charge in [0.2, 0.25) is 0 Å². The van der Waals surface area contributed by atoms with Gasteiger partial charge >= 0.3 is 5.97 Å². The minimum atomic E-state index is -1.23. The highest BCUT2D eigenvalue weighted by Gasteiger charge is 2.47. The molecule has 1 saturated heterocycles. The van der Waals surface area contributed by atoms with Crippen molar-refractivity contribution in [3.63, 3.8) is 0 Å². The zero-order chi connectivity index (χ0) is 28.6. The lowest BCUT2D eigenvalue weighted by Gasteiger charge is -2.17. The summed E-state index contributed by atoms with van der Waals surface area (Å²) in [6.07, 6.45) is 9.87. The molecule has 5 N–H and O–H groups in total. The number of aromatic amines is 3. The number of carbonyl (C=O) groups is 2. The van der Waals surface area contributed by atoms with Crippen molar-refractivity contribution < 1.29 is 14.7 Å². The van der Waals surface area contributed by atoms with E-state index in [9.17, 15) is 14.7 Å². The van der Waals surface area contributed by atoms with E-state index in [1.807, 2.05) is 13.0 Å². The van der Waals surface area contributed by atoms with Crippen molar-refractivity contribution in [1.82, 2.24) is 20.3 Å². The van der Waals surface area contributed by atoms with Crippen LogP contribution in [0.2, 0.25) is 0 Å². The van der Waals surface area contributed by atoms with Crippen LogP contribution in [0.4, 0.5) is 0 Å². The number of carbonyl (C=O) groups excluding carboxylic acids is 1.